The number of rotatable bonds is 6. The Kier molecular flexibility index (Phi) is 6.34. The Bertz CT molecular complexity index is 493. The fraction of sp³-hybridized carbons (Fsp3) is 0.562. The summed E-state index contributed by atoms with van der Waals surface area (Å²) in [7, 11) is 0. The molecule has 2 N–H and O–H groups in total. The molecule has 5 nitrogen and oxygen atoms in total. The van der Waals surface area contributed by atoms with Crippen LogP contribution in [0.25, 0.3) is 0 Å². The standard InChI is InChI=1S/C16H25N3O2/c1-5-6-7-8-18-14(20)12-9-13(11-17-10-12)15(21)19-16(2,3)4/h9-11H,5-8H2,1-4H3,(H,18,20)(H,19,21). The first kappa shape index (κ1) is 17.1. The van der Waals surface area contributed by atoms with Gasteiger partial charge in [-0.3, -0.25) is 14.6 Å². The van der Waals surface area contributed by atoms with Crippen LogP contribution in [-0.2, 0) is 0 Å². The molecule has 1 rings (SSSR count). The highest BCUT2D eigenvalue weighted by molar-refractivity contribution is 5.99. The Morgan fingerprint density at radius 3 is 2.29 bits per heavy atom. The molecule has 0 aliphatic heterocycles. The summed E-state index contributed by atoms with van der Waals surface area (Å²) in [6.45, 7) is 8.47. The molecule has 0 radical (unpaired) electrons. The normalized spacial score (nSPS) is 11.0. The van der Waals surface area contributed by atoms with Crippen LogP contribution in [0.4, 0.5) is 0 Å². The van der Waals surface area contributed by atoms with Gasteiger partial charge in [0.05, 0.1) is 11.1 Å². The number of unbranched alkanes of at least 4 members (excludes halogenated alkanes) is 2. The summed E-state index contributed by atoms with van der Waals surface area (Å²) in [5, 5.41) is 5.69. The molecule has 0 saturated carbocycles. The van der Waals surface area contributed by atoms with Crippen molar-refractivity contribution in [3.05, 3.63) is 29.6 Å². The zero-order chi connectivity index (χ0) is 15.9. The first-order valence-corrected chi connectivity index (χ1v) is 7.39. The maximum atomic E-state index is 12.1. The predicted molar refractivity (Wildman–Crippen MR) is 83.3 cm³/mol. The number of aromatic nitrogens is 1. The molecule has 0 spiro atoms. The van der Waals surface area contributed by atoms with Crippen LogP contribution >= 0.6 is 0 Å². The zero-order valence-corrected chi connectivity index (χ0v) is 13.3. The number of carbonyl (C=O) groups excluding carboxylic acids is 2. The molecule has 0 atom stereocenters. The van der Waals surface area contributed by atoms with Crippen molar-refractivity contribution in [2.24, 2.45) is 0 Å². The van der Waals surface area contributed by atoms with E-state index < -0.39 is 0 Å². The van der Waals surface area contributed by atoms with Gasteiger partial charge in [-0.1, -0.05) is 19.8 Å². The fourth-order valence-corrected chi connectivity index (χ4v) is 1.78. The third kappa shape index (κ3) is 6.38. The number of amides is 2. The van der Waals surface area contributed by atoms with Gasteiger partial charge in [-0.2, -0.15) is 0 Å². The lowest BCUT2D eigenvalue weighted by atomic mass is 10.1. The lowest BCUT2D eigenvalue weighted by Gasteiger charge is -2.20. The molecule has 0 aromatic carbocycles. The lowest BCUT2D eigenvalue weighted by Crippen LogP contribution is -2.40. The first-order chi connectivity index (χ1) is 9.83. The van der Waals surface area contributed by atoms with Crippen molar-refractivity contribution in [1.29, 1.82) is 0 Å². The van der Waals surface area contributed by atoms with Gasteiger partial charge in [0.1, 0.15) is 0 Å². The van der Waals surface area contributed by atoms with Gasteiger partial charge in [-0.25, -0.2) is 0 Å². The van der Waals surface area contributed by atoms with Crippen molar-refractivity contribution in [3.8, 4) is 0 Å². The summed E-state index contributed by atoms with van der Waals surface area (Å²) >= 11 is 0. The average Bonchev–Trinajstić information content (AvgIpc) is 2.41. The van der Waals surface area contributed by atoms with Crippen molar-refractivity contribution in [2.75, 3.05) is 6.54 Å². The third-order valence-electron chi connectivity index (χ3n) is 2.82. The van der Waals surface area contributed by atoms with Gasteiger partial charge < -0.3 is 10.6 Å². The summed E-state index contributed by atoms with van der Waals surface area (Å²) < 4.78 is 0. The maximum Gasteiger partial charge on any atom is 0.253 e. The lowest BCUT2D eigenvalue weighted by molar-refractivity contribution is 0.0919. The van der Waals surface area contributed by atoms with Crippen LogP contribution in [0.3, 0.4) is 0 Å². The molecule has 0 aliphatic carbocycles. The van der Waals surface area contributed by atoms with Crippen LogP contribution in [-0.4, -0.2) is 28.9 Å². The second-order valence-corrected chi connectivity index (χ2v) is 6.13. The van der Waals surface area contributed by atoms with E-state index in [9.17, 15) is 9.59 Å². The van der Waals surface area contributed by atoms with E-state index in [0.717, 1.165) is 19.3 Å². The monoisotopic (exact) mass is 291 g/mol. The molecular weight excluding hydrogens is 266 g/mol. The third-order valence-corrected chi connectivity index (χ3v) is 2.82. The van der Waals surface area contributed by atoms with Gasteiger partial charge in [0.2, 0.25) is 0 Å². The fourth-order valence-electron chi connectivity index (χ4n) is 1.78. The van der Waals surface area contributed by atoms with E-state index in [4.69, 9.17) is 0 Å². The second kappa shape index (κ2) is 7.76. The quantitative estimate of drug-likeness (QED) is 0.791. The number of hydrogen-bond acceptors (Lipinski definition) is 3. The van der Waals surface area contributed by atoms with E-state index in [0.29, 0.717) is 17.7 Å². The van der Waals surface area contributed by atoms with Gasteiger partial charge in [-0.05, 0) is 33.3 Å². The smallest absolute Gasteiger partial charge is 0.253 e. The highest BCUT2D eigenvalue weighted by Crippen LogP contribution is 2.06. The zero-order valence-electron chi connectivity index (χ0n) is 13.3. The van der Waals surface area contributed by atoms with Crippen LogP contribution in [0.1, 0.15) is 67.7 Å². The summed E-state index contributed by atoms with van der Waals surface area (Å²) in [5.74, 6) is -0.417. The minimum atomic E-state index is -0.324. The van der Waals surface area contributed by atoms with Crippen molar-refractivity contribution in [1.82, 2.24) is 15.6 Å². The average molecular weight is 291 g/mol. The molecule has 1 heterocycles. The van der Waals surface area contributed by atoms with Crippen molar-refractivity contribution in [2.45, 2.75) is 52.5 Å². The molecule has 5 heteroatoms. The Balaban J connectivity index is 2.67. The van der Waals surface area contributed by atoms with Crippen molar-refractivity contribution >= 4 is 11.8 Å². The van der Waals surface area contributed by atoms with Gasteiger partial charge in [0.25, 0.3) is 11.8 Å². The SMILES string of the molecule is CCCCCNC(=O)c1cncc(C(=O)NC(C)(C)C)c1. The molecule has 21 heavy (non-hydrogen) atoms. The number of nitrogens with zero attached hydrogens (tertiary/aromatic N) is 1. The van der Waals surface area contributed by atoms with E-state index in [1.54, 1.807) is 6.07 Å². The Hall–Kier alpha value is -1.91. The minimum absolute atomic E-state index is 0.191. The van der Waals surface area contributed by atoms with Gasteiger partial charge in [-0.15, -0.1) is 0 Å². The van der Waals surface area contributed by atoms with E-state index in [-0.39, 0.29) is 17.4 Å². The Labute approximate surface area is 126 Å². The molecule has 1 aromatic rings. The van der Waals surface area contributed by atoms with Crippen LogP contribution in [0.5, 0.6) is 0 Å². The van der Waals surface area contributed by atoms with Crippen molar-refractivity contribution in [3.63, 3.8) is 0 Å². The highest BCUT2D eigenvalue weighted by Gasteiger charge is 2.16. The van der Waals surface area contributed by atoms with Crippen LogP contribution in [0.2, 0.25) is 0 Å². The summed E-state index contributed by atoms with van der Waals surface area (Å²) in [6.07, 6.45) is 6.10. The summed E-state index contributed by atoms with van der Waals surface area (Å²) in [5.41, 5.74) is 0.481. The van der Waals surface area contributed by atoms with Crippen LogP contribution in [0.15, 0.2) is 18.5 Å². The molecule has 0 fully saturated rings. The van der Waals surface area contributed by atoms with Crippen LogP contribution in [0, 0.1) is 0 Å². The molecule has 1 aromatic heterocycles. The van der Waals surface area contributed by atoms with Crippen LogP contribution < -0.4 is 10.6 Å². The summed E-state index contributed by atoms with van der Waals surface area (Å²) in [4.78, 5) is 28.0. The van der Waals surface area contributed by atoms with E-state index >= 15 is 0 Å². The molecule has 0 aliphatic rings. The topological polar surface area (TPSA) is 71.1 Å². The predicted octanol–water partition coefficient (Wildman–Crippen LogP) is 2.53. The van der Waals surface area contributed by atoms with E-state index in [1.165, 1.54) is 12.4 Å². The number of nitrogens with one attached hydrogen (secondary N) is 2. The van der Waals surface area contributed by atoms with Gasteiger partial charge >= 0.3 is 0 Å². The Morgan fingerprint density at radius 1 is 1.10 bits per heavy atom. The first-order valence-electron chi connectivity index (χ1n) is 7.39. The minimum Gasteiger partial charge on any atom is -0.352 e. The number of hydrogen-bond donors (Lipinski definition) is 2. The molecular formula is C16H25N3O2. The van der Waals surface area contributed by atoms with Crippen molar-refractivity contribution < 1.29 is 9.59 Å². The number of carbonyl (C=O) groups is 2. The largest absolute Gasteiger partial charge is 0.352 e. The highest BCUT2D eigenvalue weighted by atomic mass is 16.2. The number of pyridine rings is 1. The van der Waals surface area contributed by atoms with Gasteiger partial charge in [0.15, 0.2) is 0 Å². The van der Waals surface area contributed by atoms with E-state index in [2.05, 4.69) is 22.5 Å². The summed E-state index contributed by atoms with van der Waals surface area (Å²) in [6, 6.07) is 1.57. The van der Waals surface area contributed by atoms with E-state index in [1.807, 2.05) is 20.8 Å². The molecule has 116 valence electrons. The molecule has 2 amide bonds. The maximum absolute atomic E-state index is 12.1. The second-order valence-electron chi connectivity index (χ2n) is 6.13. The Morgan fingerprint density at radius 2 is 1.71 bits per heavy atom. The van der Waals surface area contributed by atoms with Gasteiger partial charge in [0, 0.05) is 24.5 Å². The molecule has 0 saturated heterocycles. The molecule has 0 bridgehead atoms. The molecule has 0 unspecified atom stereocenters.